The number of nitrogens with zero attached hydrogens (tertiary/aromatic N) is 2. The monoisotopic (exact) mass is 261 g/mol. The zero-order valence-electron chi connectivity index (χ0n) is 12.0. The van der Waals surface area contributed by atoms with Gasteiger partial charge < -0.3 is 15.5 Å². The summed E-state index contributed by atoms with van der Waals surface area (Å²) in [6.45, 7) is 3.86. The summed E-state index contributed by atoms with van der Waals surface area (Å²) in [6, 6.07) is 5.98. The number of carbonyl (C=O) groups is 1. The van der Waals surface area contributed by atoms with Crippen molar-refractivity contribution in [1.82, 2.24) is 9.80 Å². The average molecular weight is 261 g/mol. The van der Waals surface area contributed by atoms with Crippen LogP contribution in [-0.2, 0) is 0 Å². The van der Waals surface area contributed by atoms with Gasteiger partial charge >= 0.3 is 0 Å². The molecule has 1 aromatic carbocycles. The molecule has 104 valence electrons. The van der Waals surface area contributed by atoms with Gasteiger partial charge in [-0.1, -0.05) is 6.07 Å². The molecular formula is C15H23N3O. The molecule has 1 aliphatic rings. The zero-order valence-corrected chi connectivity index (χ0v) is 12.0. The van der Waals surface area contributed by atoms with Crippen LogP contribution in [0.5, 0.6) is 0 Å². The van der Waals surface area contributed by atoms with E-state index in [1.54, 1.807) is 6.07 Å². The number of benzene rings is 1. The number of nitrogens with two attached hydrogens (primary N) is 1. The molecule has 2 rings (SSSR count). The van der Waals surface area contributed by atoms with Crippen LogP contribution < -0.4 is 5.73 Å². The van der Waals surface area contributed by atoms with Crippen molar-refractivity contribution in [2.24, 2.45) is 0 Å². The van der Waals surface area contributed by atoms with Gasteiger partial charge in [0, 0.05) is 30.9 Å². The first kappa shape index (κ1) is 13.9. The molecule has 2 N–H and O–H groups in total. The Morgan fingerprint density at radius 2 is 2.26 bits per heavy atom. The predicted octanol–water partition coefficient (Wildman–Crippen LogP) is 1.74. The van der Waals surface area contributed by atoms with E-state index in [0.717, 1.165) is 18.7 Å². The van der Waals surface area contributed by atoms with Crippen molar-refractivity contribution in [1.29, 1.82) is 0 Å². The van der Waals surface area contributed by atoms with Crippen LogP contribution in [0, 0.1) is 6.92 Å². The lowest BCUT2D eigenvalue weighted by Crippen LogP contribution is -2.39. The Hall–Kier alpha value is -1.55. The minimum atomic E-state index is 0.0603. The van der Waals surface area contributed by atoms with Gasteiger partial charge in [-0.05, 0) is 51.1 Å². The third kappa shape index (κ3) is 3.07. The third-order valence-corrected chi connectivity index (χ3v) is 3.99. The van der Waals surface area contributed by atoms with Gasteiger partial charge in [-0.25, -0.2) is 0 Å². The second-order valence-electron chi connectivity index (χ2n) is 5.54. The summed E-state index contributed by atoms with van der Waals surface area (Å²) < 4.78 is 0. The van der Waals surface area contributed by atoms with Crippen LogP contribution in [0.15, 0.2) is 18.2 Å². The normalized spacial score (nSPS) is 19.6. The molecule has 1 fully saturated rings. The fourth-order valence-corrected chi connectivity index (χ4v) is 2.68. The Labute approximate surface area is 115 Å². The SMILES string of the molecule is Cc1ccc(N)cc1C(=O)N(C)CC1CCCN1C. The van der Waals surface area contributed by atoms with E-state index in [0.29, 0.717) is 17.3 Å². The van der Waals surface area contributed by atoms with Crippen molar-refractivity contribution >= 4 is 11.6 Å². The molecule has 0 spiro atoms. The topological polar surface area (TPSA) is 49.6 Å². The third-order valence-electron chi connectivity index (χ3n) is 3.99. The summed E-state index contributed by atoms with van der Waals surface area (Å²) in [5.74, 6) is 0.0603. The molecule has 0 aliphatic carbocycles. The van der Waals surface area contributed by atoms with Crippen LogP contribution >= 0.6 is 0 Å². The molecule has 1 unspecified atom stereocenters. The lowest BCUT2D eigenvalue weighted by atomic mass is 10.1. The highest BCUT2D eigenvalue weighted by Gasteiger charge is 2.24. The first-order valence-electron chi connectivity index (χ1n) is 6.81. The molecule has 4 nitrogen and oxygen atoms in total. The number of anilines is 1. The maximum atomic E-state index is 12.5. The van der Waals surface area contributed by atoms with Gasteiger partial charge in [0.2, 0.25) is 0 Å². The molecule has 1 heterocycles. The van der Waals surface area contributed by atoms with E-state index in [1.807, 2.05) is 31.0 Å². The fraction of sp³-hybridized carbons (Fsp3) is 0.533. The highest BCUT2D eigenvalue weighted by Crippen LogP contribution is 2.18. The second kappa shape index (κ2) is 5.61. The maximum absolute atomic E-state index is 12.5. The Balaban J connectivity index is 2.08. The number of likely N-dealkylation sites (N-methyl/N-ethyl adjacent to an activating group) is 2. The van der Waals surface area contributed by atoms with Gasteiger partial charge in [0.15, 0.2) is 0 Å². The number of rotatable bonds is 3. The molecule has 1 amide bonds. The van der Waals surface area contributed by atoms with Crippen molar-refractivity contribution in [2.45, 2.75) is 25.8 Å². The number of aryl methyl sites for hydroxylation is 1. The fourth-order valence-electron chi connectivity index (χ4n) is 2.68. The van der Waals surface area contributed by atoms with E-state index in [2.05, 4.69) is 11.9 Å². The molecule has 1 saturated heterocycles. The number of hydrogen-bond donors (Lipinski definition) is 1. The second-order valence-corrected chi connectivity index (χ2v) is 5.54. The molecule has 0 saturated carbocycles. The first-order chi connectivity index (χ1) is 8.99. The first-order valence-corrected chi connectivity index (χ1v) is 6.81. The van der Waals surface area contributed by atoms with Gasteiger partial charge in [0.25, 0.3) is 5.91 Å². The largest absolute Gasteiger partial charge is 0.399 e. The van der Waals surface area contributed by atoms with E-state index in [9.17, 15) is 4.79 Å². The molecule has 1 aliphatic heterocycles. The summed E-state index contributed by atoms with van der Waals surface area (Å²) in [4.78, 5) is 16.6. The van der Waals surface area contributed by atoms with Crippen LogP contribution in [-0.4, -0.2) is 48.9 Å². The van der Waals surface area contributed by atoms with Crippen LogP contribution in [0.4, 0.5) is 5.69 Å². The standard InChI is InChI=1S/C15H23N3O/c1-11-6-7-12(16)9-14(11)15(19)18(3)10-13-5-4-8-17(13)2/h6-7,9,13H,4-5,8,10,16H2,1-3H3. The summed E-state index contributed by atoms with van der Waals surface area (Å²) in [5, 5.41) is 0. The van der Waals surface area contributed by atoms with Crippen molar-refractivity contribution in [3.8, 4) is 0 Å². The van der Waals surface area contributed by atoms with E-state index in [4.69, 9.17) is 5.73 Å². The van der Waals surface area contributed by atoms with E-state index in [1.165, 1.54) is 12.8 Å². The Morgan fingerprint density at radius 1 is 1.53 bits per heavy atom. The maximum Gasteiger partial charge on any atom is 0.253 e. The van der Waals surface area contributed by atoms with Crippen LogP contribution in [0.3, 0.4) is 0 Å². The van der Waals surface area contributed by atoms with Gasteiger partial charge in [0.1, 0.15) is 0 Å². The number of likely N-dealkylation sites (tertiary alicyclic amines) is 1. The smallest absolute Gasteiger partial charge is 0.253 e. The summed E-state index contributed by atoms with van der Waals surface area (Å²) in [6.07, 6.45) is 2.39. The molecular weight excluding hydrogens is 238 g/mol. The lowest BCUT2D eigenvalue weighted by Gasteiger charge is -2.26. The van der Waals surface area contributed by atoms with Crippen LogP contribution in [0.2, 0.25) is 0 Å². The van der Waals surface area contributed by atoms with Crippen molar-refractivity contribution in [3.05, 3.63) is 29.3 Å². The molecule has 0 aromatic heterocycles. The van der Waals surface area contributed by atoms with Gasteiger partial charge in [-0.2, -0.15) is 0 Å². The minimum absolute atomic E-state index is 0.0603. The number of carbonyl (C=O) groups excluding carboxylic acids is 1. The molecule has 0 radical (unpaired) electrons. The average Bonchev–Trinajstić information content (AvgIpc) is 2.77. The lowest BCUT2D eigenvalue weighted by molar-refractivity contribution is 0.0761. The molecule has 1 atom stereocenters. The van der Waals surface area contributed by atoms with E-state index in [-0.39, 0.29) is 5.91 Å². The van der Waals surface area contributed by atoms with Crippen LogP contribution in [0.25, 0.3) is 0 Å². The molecule has 4 heteroatoms. The Bertz CT molecular complexity index is 472. The van der Waals surface area contributed by atoms with E-state index < -0.39 is 0 Å². The Kier molecular flexibility index (Phi) is 4.10. The Morgan fingerprint density at radius 3 is 2.89 bits per heavy atom. The number of amides is 1. The minimum Gasteiger partial charge on any atom is -0.399 e. The summed E-state index contributed by atoms with van der Waals surface area (Å²) in [7, 11) is 4.00. The predicted molar refractivity (Wildman–Crippen MR) is 78.2 cm³/mol. The number of nitrogen functional groups attached to an aromatic ring is 1. The summed E-state index contributed by atoms with van der Waals surface area (Å²) >= 11 is 0. The quantitative estimate of drug-likeness (QED) is 0.843. The molecule has 1 aromatic rings. The molecule has 0 bridgehead atoms. The zero-order chi connectivity index (χ0) is 14.0. The van der Waals surface area contributed by atoms with Crippen molar-refractivity contribution in [2.75, 3.05) is 32.9 Å². The van der Waals surface area contributed by atoms with Crippen molar-refractivity contribution < 1.29 is 4.79 Å². The highest BCUT2D eigenvalue weighted by molar-refractivity contribution is 5.96. The molecule has 19 heavy (non-hydrogen) atoms. The van der Waals surface area contributed by atoms with Crippen molar-refractivity contribution in [3.63, 3.8) is 0 Å². The van der Waals surface area contributed by atoms with Gasteiger partial charge in [-0.3, -0.25) is 4.79 Å². The number of hydrogen-bond acceptors (Lipinski definition) is 3. The summed E-state index contributed by atoms with van der Waals surface area (Å²) in [5.41, 5.74) is 8.10. The highest BCUT2D eigenvalue weighted by atomic mass is 16.2. The van der Waals surface area contributed by atoms with Crippen LogP contribution in [0.1, 0.15) is 28.8 Å². The van der Waals surface area contributed by atoms with E-state index >= 15 is 0 Å². The van der Waals surface area contributed by atoms with Gasteiger partial charge in [0.05, 0.1) is 0 Å². The van der Waals surface area contributed by atoms with Gasteiger partial charge in [-0.15, -0.1) is 0 Å².